The molecule has 0 radical (unpaired) electrons. The molecule has 1 unspecified atom stereocenters. The van der Waals surface area contributed by atoms with E-state index in [2.05, 4.69) is 32.7 Å². The highest BCUT2D eigenvalue weighted by Gasteiger charge is 2.36. The zero-order valence-corrected chi connectivity index (χ0v) is 13.2. The molecule has 1 atom stereocenters. The number of rotatable bonds is 5. The molecule has 0 saturated heterocycles. The molecule has 1 heterocycles. The molecule has 106 valence electrons. The molecule has 20 heavy (non-hydrogen) atoms. The van der Waals surface area contributed by atoms with Crippen molar-refractivity contribution in [3.63, 3.8) is 0 Å². The molecular formula is C14H15IN2O3. The van der Waals surface area contributed by atoms with Crippen LogP contribution < -0.4 is 0 Å². The summed E-state index contributed by atoms with van der Waals surface area (Å²) < 4.78 is 11.8. The van der Waals surface area contributed by atoms with Crippen LogP contribution in [-0.4, -0.2) is 21.9 Å². The van der Waals surface area contributed by atoms with Crippen LogP contribution in [0.1, 0.15) is 31.7 Å². The number of aromatic nitrogens is 2. The van der Waals surface area contributed by atoms with Crippen LogP contribution in [0, 0.1) is 9.49 Å². The smallest absolute Gasteiger partial charge is 0.258 e. The van der Waals surface area contributed by atoms with Gasteiger partial charge >= 0.3 is 0 Å². The molecule has 0 aliphatic heterocycles. The topological polar surface area (TPSA) is 68.4 Å². The summed E-state index contributed by atoms with van der Waals surface area (Å²) in [6.45, 7) is 2.60. The number of aromatic hydroxyl groups is 1. The highest BCUT2D eigenvalue weighted by Crippen LogP contribution is 2.42. The minimum atomic E-state index is -0.0741. The molecule has 1 aliphatic carbocycles. The van der Waals surface area contributed by atoms with E-state index in [4.69, 9.17) is 9.26 Å². The summed E-state index contributed by atoms with van der Waals surface area (Å²) in [6, 6.07) is 5.30. The van der Waals surface area contributed by atoms with Gasteiger partial charge in [-0.15, -0.1) is 0 Å². The van der Waals surface area contributed by atoms with E-state index in [-0.39, 0.29) is 11.9 Å². The molecule has 1 aliphatic rings. The third-order valence-corrected chi connectivity index (χ3v) is 4.20. The molecule has 2 aromatic rings. The van der Waals surface area contributed by atoms with Crippen molar-refractivity contribution in [2.24, 2.45) is 5.92 Å². The summed E-state index contributed by atoms with van der Waals surface area (Å²) in [4.78, 5) is 4.42. The Bertz CT molecular complexity index is 610. The first kappa shape index (κ1) is 13.8. The van der Waals surface area contributed by atoms with Gasteiger partial charge in [0, 0.05) is 12.2 Å². The molecule has 1 N–H and O–H groups in total. The van der Waals surface area contributed by atoms with Crippen molar-refractivity contribution < 1.29 is 14.4 Å². The molecule has 1 aromatic heterocycles. The van der Waals surface area contributed by atoms with Crippen LogP contribution in [0.4, 0.5) is 0 Å². The van der Waals surface area contributed by atoms with Crippen molar-refractivity contribution in [1.29, 1.82) is 0 Å². The molecule has 0 bridgehead atoms. The number of hydrogen-bond acceptors (Lipinski definition) is 5. The number of ether oxygens (including phenoxy) is 1. The number of nitrogens with zero attached hydrogens (tertiary/aromatic N) is 2. The average molecular weight is 386 g/mol. The predicted octanol–water partition coefficient (Wildman–Crippen LogP) is 3.53. The van der Waals surface area contributed by atoms with Crippen molar-refractivity contribution >= 4 is 22.6 Å². The van der Waals surface area contributed by atoms with Gasteiger partial charge in [0.2, 0.25) is 5.82 Å². The number of phenolic OH excluding ortho intramolecular Hbond substituents is 1. The Kier molecular flexibility index (Phi) is 3.93. The fourth-order valence-corrected chi connectivity index (χ4v) is 2.45. The number of benzene rings is 1. The summed E-state index contributed by atoms with van der Waals surface area (Å²) >= 11 is 2.07. The largest absolute Gasteiger partial charge is 0.507 e. The van der Waals surface area contributed by atoms with Crippen molar-refractivity contribution in [2.75, 3.05) is 6.61 Å². The highest BCUT2D eigenvalue weighted by molar-refractivity contribution is 14.1. The summed E-state index contributed by atoms with van der Waals surface area (Å²) in [5.41, 5.74) is 0.715. The number of phenols is 1. The molecule has 1 fully saturated rings. The molecule has 3 rings (SSSR count). The van der Waals surface area contributed by atoms with Crippen molar-refractivity contribution in [1.82, 2.24) is 10.1 Å². The monoisotopic (exact) mass is 386 g/mol. The van der Waals surface area contributed by atoms with Gasteiger partial charge < -0.3 is 14.4 Å². The standard InChI is InChI=1S/C14H15IN2O3/c1-2-19-12(8-3-4-8)13-16-14(20-17-13)9-5-6-10(15)11(18)7-9/h5-8,12,18H,2-4H2,1H3. The van der Waals surface area contributed by atoms with Gasteiger partial charge in [-0.3, -0.25) is 0 Å². The van der Waals surface area contributed by atoms with Gasteiger partial charge in [0.1, 0.15) is 11.9 Å². The first-order chi connectivity index (χ1) is 9.69. The van der Waals surface area contributed by atoms with E-state index in [1.165, 1.54) is 0 Å². The lowest BCUT2D eigenvalue weighted by Crippen LogP contribution is -2.08. The second kappa shape index (κ2) is 5.69. The van der Waals surface area contributed by atoms with Gasteiger partial charge in [-0.2, -0.15) is 4.98 Å². The SMILES string of the molecule is CCOC(c1noc(-c2ccc(I)c(O)c2)n1)C1CC1. The van der Waals surface area contributed by atoms with Crippen LogP contribution >= 0.6 is 22.6 Å². The van der Waals surface area contributed by atoms with Gasteiger partial charge in [-0.1, -0.05) is 5.16 Å². The lowest BCUT2D eigenvalue weighted by molar-refractivity contribution is 0.0385. The summed E-state index contributed by atoms with van der Waals surface area (Å²) in [6.07, 6.45) is 2.23. The van der Waals surface area contributed by atoms with E-state index in [0.717, 1.165) is 16.4 Å². The van der Waals surface area contributed by atoms with Crippen molar-refractivity contribution in [3.05, 3.63) is 27.6 Å². The van der Waals surface area contributed by atoms with Gasteiger partial charge in [-0.25, -0.2) is 0 Å². The molecule has 1 aromatic carbocycles. The minimum Gasteiger partial charge on any atom is -0.507 e. The fourth-order valence-electron chi connectivity index (χ4n) is 2.11. The van der Waals surface area contributed by atoms with Crippen LogP contribution in [0.3, 0.4) is 0 Å². The predicted molar refractivity (Wildman–Crippen MR) is 81.2 cm³/mol. The molecular weight excluding hydrogens is 371 g/mol. The number of hydrogen-bond donors (Lipinski definition) is 1. The molecule has 6 heteroatoms. The van der Waals surface area contributed by atoms with Crippen LogP contribution in [0.2, 0.25) is 0 Å². The lowest BCUT2D eigenvalue weighted by atomic mass is 10.2. The second-order valence-corrected chi connectivity index (χ2v) is 6.00. The first-order valence-electron chi connectivity index (χ1n) is 6.63. The highest BCUT2D eigenvalue weighted by atomic mass is 127. The zero-order chi connectivity index (χ0) is 14.1. The molecule has 0 amide bonds. The van der Waals surface area contributed by atoms with E-state index < -0.39 is 0 Å². The third-order valence-electron chi connectivity index (χ3n) is 3.29. The van der Waals surface area contributed by atoms with Crippen molar-refractivity contribution in [2.45, 2.75) is 25.9 Å². The normalized spacial score (nSPS) is 16.3. The van der Waals surface area contributed by atoms with E-state index in [1.807, 2.05) is 19.1 Å². The lowest BCUT2D eigenvalue weighted by Gasteiger charge is -2.10. The summed E-state index contributed by atoms with van der Waals surface area (Å²) in [7, 11) is 0. The molecule has 5 nitrogen and oxygen atoms in total. The van der Waals surface area contributed by atoms with E-state index in [1.54, 1.807) is 6.07 Å². The number of halogens is 1. The molecule has 1 saturated carbocycles. The Morgan fingerprint density at radius 1 is 1.50 bits per heavy atom. The second-order valence-electron chi connectivity index (χ2n) is 4.84. The van der Waals surface area contributed by atoms with Crippen LogP contribution in [-0.2, 0) is 4.74 Å². The van der Waals surface area contributed by atoms with Gasteiger partial charge in [0.15, 0.2) is 0 Å². The molecule has 0 spiro atoms. The quantitative estimate of drug-likeness (QED) is 0.797. The van der Waals surface area contributed by atoms with Crippen molar-refractivity contribution in [3.8, 4) is 17.2 Å². The Morgan fingerprint density at radius 3 is 2.95 bits per heavy atom. The maximum absolute atomic E-state index is 9.74. The van der Waals surface area contributed by atoms with E-state index in [0.29, 0.717) is 29.8 Å². The van der Waals surface area contributed by atoms with Crippen LogP contribution in [0.15, 0.2) is 22.7 Å². The Balaban J connectivity index is 1.86. The third kappa shape index (κ3) is 2.80. The van der Waals surface area contributed by atoms with Crippen LogP contribution in [0.5, 0.6) is 5.75 Å². The first-order valence-corrected chi connectivity index (χ1v) is 7.71. The van der Waals surface area contributed by atoms with Gasteiger partial charge in [0.05, 0.1) is 3.57 Å². The average Bonchev–Trinajstić information content (AvgIpc) is 3.16. The van der Waals surface area contributed by atoms with E-state index >= 15 is 0 Å². The van der Waals surface area contributed by atoms with Gasteiger partial charge in [0.25, 0.3) is 5.89 Å². The zero-order valence-electron chi connectivity index (χ0n) is 11.0. The Labute approximate surface area is 130 Å². The summed E-state index contributed by atoms with van der Waals surface area (Å²) in [5, 5.41) is 13.8. The van der Waals surface area contributed by atoms with E-state index in [9.17, 15) is 5.11 Å². The summed E-state index contributed by atoms with van der Waals surface area (Å²) in [5.74, 6) is 1.73. The minimum absolute atomic E-state index is 0.0741. The maximum Gasteiger partial charge on any atom is 0.258 e. The fraction of sp³-hybridized carbons (Fsp3) is 0.429. The van der Waals surface area contributed by atoms with Crippen LogP contribution in [0.25, 0.3) is 11.5 Å². The Hall–Kier alpha value is -1.15. The maximum atomic E-state index is 9.74. The Morgan fingerprint density at radius 2 is 2.30 bits per heavy atom. The van der Waals surface area contributed by atoms with Gasteiger partial charge in [-0.05, 0) is 66.5 Å².